The van der Waals surface area contributed by atoms with E-state index in [0.717, 1.165) is 48.3 Å². The number of rotatable bonds is 7. The lowest BCUT2D eigenvalue weighted by Crippen LogP contribution is -2.37. The van der Waals surface area contributed by atoms with E-state index in [0.29, 0.717) is 23.9 Å². The number of imidazole rings is 1. The van der Waals surface area contributed by atoms with E-state index in [1.54, 1.807) is 0 Å². The summed E-state index contributed by atoms with van der Waals surface area (Å²) in [5.74, 6) is 1.45. The lowest BCUT2D eigenvalue weighted by Gasteiger charge is -2.28. The van der Waals surface area contributed by atoms with Crippen molar-refractivity contribution in [1.82, 2.24) is 15.3 Å². The van der Waals surface area contributed by atoms with Crippen molar-refractivity contribution in [3.05, 3.63) is 77.2 Å². The van der Waals surface area contributed by atoms with Crippen LogP contribution in [0.25, 0.3) is 11.3 Å². The van der Waals surface area contributed by atoms with Gasteiger partial charge in [-0.15, -0.1) is 0 Å². The Hall–Kier alpha value is -2.63. The number of nitrogens with one attached hydrogen (secondary N) is 2. The zero-order valence-electron chi connectivity index (χ0n) is 17.6. The number of amides is 1. The molecule has 4 rings (SSSR count). The van der Waals surface area contributed by atoms with Crippen molar-refractivity contribution in [2.75, 3.05) is 6.54 Å². The van der Waals surface area contributed by atoms with E-state index in [1.165, 1.54) is 0 Å². The van der Waals surface area contributed by atoms with Gasteiger partial charge in [0.1, 0.15) is 5.82 Å². The average Bonchev–Trinajstić information content (AvgIpc) is 3.31. The Morgan fingerprint density at radius 1 is 1.10 bits per heavy atom. The second-order valence-electron chi connectivity index (χ2n) is 8.39. The largest absolute Gasteiger partial charge is 0.346 e. The number of nitrogens with two attached hydrogens (primary N) is 1. The van der Waals surface area contributed by atoms with Crippen LogP contribution in [0.15, 0.2) is 60.8 Å². The van der Waals surface area contributed by atoms with Gasteiger partial charge in [0.2, 0.25) is 5.91 Å². The number of benzene rings is 2. The van der Waals surface area contributed by atoms with Gasteiger partial charge in [0, 0.05) is 10.9 Å². The molecule has 5 nitrogen and oxygen atoms in total. The summed E-state index contributed by atoms with van der Waals surface area (Å²) in [5.41, 5.74) is 8.91. The molecule has 1 fully saturated rings. The monoisotopic (exact) mass is 436 g/mol. The highest BCUT2D eigenvalue weighted by Crippen LogP contribution is 2.29. The number of nitrogens with zero attached hydrogens (tertiary/aromatic N) is 1. The van der Waals surface area contributed by atoms with Crippen molar-refractivity contribution in [2.24, 2.45) is 17.6 Å². The highest BCUT2D eigenvalue weighted by Gasteiger charge is 2.28. The minimum absolute atomic E-state index is 0.0408. The van der Waals surface area contributed by atoms with Crippen molar-refractivity contribution in [2.45, 2.75) is 38.1 Å². The average molecular weight is 437 g/mol. The molecule has 0 aliphatic heterocycles. The first kappa shape index (κ1) is 21.6. The number of carbonyl (C=O) groups excluding carboxylic acids is 1. The Morgan fingerprint density at radius 3 is 2.48 bits per heavy atom. The molecule has 6 heteroatoms. The maximum atomic E-state index is 13.1. The summed E-state index contributed by atoms with van der Waals surface area (Å²) in [5, 5.41) is 3.97. The number of aromatic amines is 1. The molecule has 0 bridgehead atoms. The van der Waals surface area contributed by atoms with Crippen LogP contribution in [0.5, 0.6) is 0 Å². The van der Waals surface area contributed by atoms with Crippen LogP contribution in [0.1, 0.15) is 43.1 Å². The van der Waals surface area contributed by atoms with Gasteiger partial charge in [-0.25, -0.2) is 4.98 Å². The lowest BCUT2D eigenvalue weighted by atomic mass is 9.81. The Kier molecular flexibility index (Phi) is 7.05. The minimum Gasteiger partial charge on any atom is -0.346 e. The first-order valence-electron chi connectivity index (χ1n) is 11.0. The van der Waals surface area contributed by atoms with Crippen molar-refractivity contribution in [3.8, 4) is 11.3 Å². The van der Waals surface area contributed by atoms with Crippen LogP contribution in [0.4, 0.5) is 0 Å². The van der Waals surface area contributed by atoms with E-state index >= 15 is 0 Å². The molecule has 1 atom stereocenters. The molecule has 3 aromatic rings. The van der Waals surface area contributed by atoms with Crippen LogP contribution >= 0.6 is 11.6 Å². The van der Waals surface area contributed by atoms with Gasteiger partial charge in [-0.05, 0) is 67.8 Å². The molecule has 31 heavy (non-hydrogen) atoms. The Morgan fingerprint density at radius 2 is 1.81 bits per heavy atom. The normalized spacial score (nSPS) is 19.7. The van der Waals surface area contributed by atoms with E-state index in [2.05, 4.69) is 15.3 Å². The van der Waals surface area contributed by atoms with Gasteiger partial charge in [0.15, 0.2) is 0 Å². The van der Waals surface area contributed by atoms with Gasteiger partial charge in [0.25, 0.3) is 0 Å². The van der Waals surface area contributed by atoms with Crippen LogP contribution in [0, 0.1) is 11.8 Å². The number of hydrogen-bond donors (Lipinski definition) is 3. The molecule has 0 spiro atoms. The number of H-pyrrole nitrogens is 1. The van der Waals surface area contributed by atoms with E-state index in [-0.39, 0.29) is 17.9 Å². The quantitative estimate of drug-likeness (QED) is 0.492. The first-order chi connectivity index (χ1) is 15.1. The van der Waals surface area contributed by atoms with E-state index in [4.69, 9.17) is 17.3 Å². The number of halogens is 1. The van der Waals surface area contributed by atoms with Crippen LogP contribution < -0.4 is 11.1 Å². The van der Waals surface area contributed by atoms with Gasteiger partial charge in [-0.1, -0.05) is 54.1 Å². The van der Waals surface area contributed by atoms with Crippen LogP contribution in [0.2, 0.25) is 5.02 Å². The van der Waals surface area contributed by atoms with Crippen molar-refractivity contribution < 1.29 is 4.79 Å². The van der Waals surface area contributed by atoms with Gasteiger partial charge in [-0.2, -0.15) is 0 Å². The molecule has 1 aromatic heterocycles. The fraction of sp³-hybridized carbons (Fsp3) is 0.360. The molecular formula is C25H29ClN4O. The molecule has 162 valence electrons. The lowest BCUT2D eigenvalue weighted by molar-refractivity contribution is -0.127. The first-order valence-corrected chi connectivity index (χ1v) is 11.4. The number of aromatic nitrogens is 2. The van der Waals surface area contributed by atoms with E-state index < -0.39 is 0 Å². The van der Waals surface area contributed by atoms with Gasteiger partial charge in [0.05, 0.1) is 17.9 Å². The smallest absolute Gasteiger partial charge is 0.223 e. The van der Waals surface area contributed by atoms with Gasteiger partial charge in [-0.3, -0.25) is 4.79 Å². The molecule has 1 aliphatic rings. The van der Waals surface area contributed by atoms with E-state index in [1.807, 2.05) is 60.8 Å². The summed E-state index contributed by atoms with van der Waals surface area (Å²) in [4.78, 5) is 21.1. The summed E-state index contributed by atoms with van der Waals surface area (Å²) in [6, 6.07) is 17.6. The number of hydrogen-bond acceptors (Lipinski definition) is 3. The molecule has 2 aromatic carbocycles. The summed E-state index contributed by atoms with van der Waals surface area (Å²) in [7, 11) is 0. The summed E-state index contributed by atoms with van der Waals surface area (Å²) < 4.78 is 0. The molecule has 1 saturated carbocycles. The fourth-order valence-electron chi connectivity index (χ4n) is 4.30. The maximum Gasteiger partial charge on any atom is 0.223 e. The third-order valence-corrected chi connectivity index (χ3v) is 6.48. The van der Waals surface area contributed by atoms with E-state index in [9.17, 15) is 4.79 Å². The highest BCUT2D eigenvalue weighted by molar-refractivity contribution is 6.30. The molecule has 1 aliphatic carbocycles. The third-order valence-electron chi connectivity index (χ3n) is 6.23. The minimum atomic E-state index is -0.238. The zero-order chi connectivity index (χ0) is 21.6. The predicted molar refractivity (Wildman–Crippen MR) is 125 cm³/mol. The third kappa shape index (κ3) is 5.54. The summed E-state index contributed by atoms with van der Waals surface area (Å²) in [6.45, 7) is 0.711. The highest BCUT2D eigenvalue weighted by atomic mass is 35.5. The van der Waals surface area contributed by atoms with Crippen molar-refractivity contribution in [1.29, 1.82) is 0 Å². The maximum absolute atomic E-state index is 13.1. The molecule has 1 heterocycles. The molecular weight excluding hydrogens is 408 g/mol. The predicted octanol–water partition coefficient (Wildman–Crippen LogP) is 4.90. The van der Waals surface area contributed by atoms with Gasteiger partial charge < -0.3 is 16.0 Å². The molecule has 0 saturated heterocycles. The van der Waals surface area contributed by atoms with Crippen LogP contribution in [-0.4, -0.2) is 22.4 Å². The fourth-order valence-corrected chi connectivity index (χ4v) is 4.43. The van der Waals surface area contributed by atoms with Crippen molar-refractivity contribution >= 4 is 17.5 Å². The second-order valence-corrected chi connectivity index (χ2v) is 8.83. The van der Waals surface area contributed by atoms with Crippen LogP contribution in [-0.2, 0) is 11.2 Å². The Balaban J connectivity index is 1.52. The molecule has 0 radical (unpaired) electrons. The zero-order valence-corrected chi connectivity index (χ0v) is 18.3. The second kappa shape index (κ2) is 10.1. The Bertz CT molecular complexity index is 978. The van der Waals surface area contributed by atoms with Crippen molar-refractivity contribution in [3.63, 3.8) is 0 Å². The topological polar surface area (TPSA) is 83.8 Å². The SMILES string of the molecule is NCC1CCC(C(=O)N[C@@H](Cc2ccc(Cl)cc2)c2ncc(-c3ccccc3)[nH]2)CC1. The molecule has 1 amide bonds. The molecule has 4 N–H and O–H groups in total. The summed E-state index contributed by atoms with van der Waals surface area (Å²) in [6.07, 6.45) is 6.31. The molecule has 0 unspecified atom stereocenters. The Labute approximate surface area is 188 Å². The number of carbonyl (C=O) groups is 1. The standard InChI is InChI=1S/C25H29ClN4O/c26-21-12-8-17(9-13-21)14-22(30-25(31)20-10-6-18(15-27)7-11-20)24-28-16-23(29-24)19-4-2-1-3-5-19/h1-5,8-9,12-13,16,18,20,22H,6-7,10-11,14-15,27H2,(H,28,29)(H,30,31)/t18?,20?,22-/m0/s1. The van der Waals surface area contributed by atoms with Crippen LogP contribution in [0.3, 0.4) is 0 Å². The summed E-state index contributed by atoms with van der Waals surface area (Å²) >= 11 is 6.05. The van der Waals surface area contributed by atoms with Gasteiger partial charge >= 0.3 is 0 Å².